The topological polar surface area (TPSA) is 171 Å². The van der Waals surface area contributed by atoms with Gasteiger partial charge in [0.15, 0.2) is 11.4 Å². The van der Waals surface area contributed by atoms with Crippen molar-refractivity contribution in [2.24, 2.45) is 17.6 Å². The van der Waals surface area contributed by atoms with Gasteiger partial charge in [-0.05, 0) is 48.8 Å². The van der Waals surface area contributed by atoms with Crippen LogP contribution in [0.4, 0.5) is 0 Å². The van der Waals surface area contributed by atoms with E-state index in [4.69, 9.17) is 22.1 Å². The Labute approximate surface area is 218 Å². The number of Topliss-reactive ketones (excluding diaryl/α,β-unsaturated/α-hetero) is 2. The molecule has 1 saturated heterocycles. The smallest absolute Gasteiger partial charge is 0.255 e. The number of allylic oxidation sites excluding steroid dienone is 2. The van der Waals surface area contributed by atoms with Gasteiger partial charge in [0, 0.05) is 49.7 Å². The Balaban J connectivity index is 1.52. The molecule has 1 unspecified atom stereocenters. The van der Waals surface area contributed by atoms with Crippen LogP contribution in [0, 0.1) is 11.8 Å². The van der Waals surface area contributed by atoms with Crippen molar-refractivity contribution in [1.82, 2.24) is 4.90 Å². The van der Waals surface area contributed by atoms with Crippen LogP contribution >= 0.6 is 11.6 Å². The van der Waals surface area contributed by atoms with Gasteiger partial charge in [-0.1, -0.05) is 11.6 Å². The molecule has 6 N–H and O–H groups in total. The van der Waals surface area contributed by atoms with Crippen molar-refractivity contribution in [2.75, 3.05) is 20.2 Å². The number of ketones is 2. The van der Waals surface area contributed by atoms with Crippen molar-refractivity contribution in [3.8, 4) is 5.75 Å². The number of hydrogen-bond donors (Lipinski definition) is 5. The first-order chi connectivity index (χ1) is 17.5. The number of benzene rings is 1. The minimum atomic E-state index is -2.58. The zero-order valence-corrected chi connectivity index (χ0v) is 21.0. The molecule has 1 aromatic rings. The highest BCUT2D eigenvalue weighted by Gasteiger charge is 2.59. The molecule has 1 fully saturated rings. The zero-order valence-electron chi connectivity index (χ0n) is 20.3. The Morgan fingerprint density at radius 2 is 1.89 bits per heavy atom. The van der Waals surface area contributed by atoms with Crippen LogP contribution in [0.15, 0.2) is 28.7 Å². The fourth-order valence-electron chi connectivity index (χ4n) is 6.38. The second-order valence-corrected chi connectivity index (χ2v) is 10.7. The minimum absolute atomic E-state index is 0.0643. The third kappa shape index (κ3) is 3.85. The number of fused-ring (bicyclic) bond motifs is 3. The van der Waals surface area contributed by atoms with Crippen molar-refractivity contribution in [1.29, 1.82) is 0 Å². The van der Waals surface area contributed by atoms with E-state index in [9.17, 15) is 34.8 Å². The molecule has 1 amide bonds. The molecule has 198 valence electrons. The lowest BCUT2D eigenvalue weighted by Crippen LogP contribution is -2.57. The van der Waals surface area contributed by atoms with Crippen LogP contribution in [0.3, 0.4) is 0 Å². The molecule has 0 saturated carbocycles. The maximum absolute atomic E-state index is 13.6. The first-order valence-corrected chi connectivity index (χ1v) is 12.6. The van der Waals surface area contributed by atoms with Gasteiger partial charge in [-0.2, -0.15) is 0 Å². The number of rotatable bonds is 4. The van der Waals surface area contributed by atoms with E-state index in [0.717, 1.165) is 25.9 Å². The number of hydrogen-bond acceptors (Lipinski definition) is 9. The number of carbonyl (C=O) groups is 3. The van der Waals surface area contributed by atoms with E-state index in [2.05, 4.69) is 4.90 Å². The molecule has 1 heterocycles. The van der Waals surface area contributed by atoms with Gasteiger partial charge in [0.05, 0.1) is 11.7 Å². The number of nitrogens with two attached hydrogens (primary N) is 1. The highest BCUT2D eigenvalue weighted by molar-refractivity contribution is 6.33. The SMILES string of the molecule is COC1CCN(Cc2cc(O)c3c(c2Cl)CC2C[C@H]4CC(O)=C(C(N)=O)C(=O)[C@@]4(O)C(O)=C2C3=O)CC1. The molecule has 4 aliphatic rings. The second-order valence-electron chi connectivity index (χ2n) is 10.3. The van der Waals surface area contributed by atoms with E-state index >= 15 is 0 Å². The standard InChI is InChI=1S/C26H29ClN2O8/c1-37-14-2-4-29(5-3-14)10-12-8-16(30)19-15(21(12)27)7-11-6-13-9-17(31)20(25(28)35)24(34)26(13,36)23(33)18(11)22(19)32/h8,11,13-14,30-31,33,36H,2-7,9-10H2,1H3,(H2,28,35)/t11?,13-,26-/m0/s1. The van der Waals surface area contributed by atoms with Crippen molar-refractivity contribution < 1.29 is 39.5 Å². The van der Waals surface area contributed by atoms with Gasteiger partial charge >= 0.3 is 0 Å². The van der Waals surface area contributed by atoms with Crippen LogP contribution in [0.5, 0.6) is 5.75 Å². The molecule has 5 rings (SSSR count). The Kier molecular flexibility index (Phi) is 6.34. The first kappa shape index (κ1) is 25.7. The molecule has 1 aromatic carbocycles. The van der Waals surface area contributed by atoms with E-state index in [1.807, 2.05) is 0 Å². The van der Waals surface area contributed by atoms with Crippen LogP contribution in [-0.4, -0.2) is 74.7 Å². The maximum atomic E-state index is 13.6. The van der Waals surface area contributed by atoms with Crippen LogP contribution in [0.25, 0.3) is 0 Å². The molecule has 3 aliphatic carbocycles. The van der Waals surface area contributed by atoms with Crippen molar-refractivity contribution in [3.63, 3.8) is 0 Å². The predicted octanol–water partition coefficient (Wildman–Crippen LogP) is 1.84. The van der Waals surface area contributed by atoms with Crippen molar-refractivity contribution in [3.05, 3.63) is 50.4 Å². The lowest BCUT2D eigenvalue weighted by atomic mass is 9.60. The molecular formula is C26H29ClN2O8. The number of aliphatic hydroxyl groups excluding tert-OH is 2. The average Bonchev–Trinajstić information content (AvgIpc) is 2.84. The average molecular weight is 533 g/mol. The molecule has 3 atom stereocenters. The second kappa shape index (κ2) is 9.13. The number of aliphatic hydroxyl groups is 3. The number of likely N-dealkylation sites (tertiary alicyclic amines) is 1. The van der Waals surface area contributed by atoms with Crippen LogP contribution < -0.4 is 5.73 Å². The normalized spacial score (nSPS) is 28.7. The number of aromatic hydroxyl groups is 1. The number of primary amides is 1. The van der Waals surface area contributed by atoms with Crippen molar-refractivity contribution >= 4 is 29.1 Å². The number of nitrogens with zero attached hydrogens (tertiary/aromatic N) is 1. The summed E-state index contributed by atoms with van der Waals surface area (Å²) < 4.78 is 5.42. The van der Waals surface area contributed by atoms with E-state index in [1.165, 1.54) is 6.07 Å². The van der Waals surface area contributed by atoms with Gasteiger partial charge in [0.2, 0.25) is 5.78 Å². The van der Waals surface area contributed by atoms with Gasteiger partial charge in [0.25, 0.3) is 5.91 Å². The molecule has 0 bridgehead atoms. The number of halogens is 1. The number of phenolic OH excluding ortho intramolecular Hbond substituents is 1. The molecule has 11 heteroatoms. The number of piperidine rings is 1. The Morgan fingerprint density at radius 3 is 2.51 bits per heavy atom. The summed E-state index contributed by atoms with van der Waals surface area (Å²) in [5.41, 5.74) is 2.68. The maximum Gasteiger partial charge on any atom is 0.255 e. The Bertz CT molecular complexity index is 1280. The summed E-state index contributed by atoms with van der Waals surface area (Å²) in [6, 6.07) is 1.44. The number of carbonyl (C=O) groups excluding carboxylic acids is 3. The van der Waals surface area contributed by atoms with Gasteiger partial charge in [-0.25, -0.2) is 0 Å². The number of phenols is 1. The molecule has 0 radical (unpaired) electrons. The van der Waals surface area contributed by atoms with E-state index in [-0.39, 0.29) is 42.3 Å². The number of methoxy groups -OCH3 is 1. The Hall–Kier alpha value is -2.92. The third-order valence-corrected chi connectivity index (χ3v) is 8.80. The monoisotopic (exact) mass is 532 g/mol. The zero-order chi connectivity index (χ0) is 26.8. The van der Waals surface area contributed by atoms with E-state index in [0.29, 0.717) is 22.7 Å². The number of ether oxygens (including phenoxy) is 1. The van der Waals surface area contributed by atoms with E-state index < -0.39 is 52.0 Å². The molecule has 37 heavy (non-hydrogen) atoms. The Morgan fingerprint density at radius 1 is 1.22 bits per heavy atom. The van der Waals surface area contributed by atoms with Crippen LogP contribution in [0.2, 0.25) is 5.02 Å². The summed E-state index contributed by atoms with van der Waals surface area (Å²) in [7, 11) is 1.69. The summed E-state index contributed by atoms with van der Waals surface area (Å²) >= 11 is 6.78. The minimum Gasteiger partial charge on any atom is -0.511 e. The quantitative estimate of drug-likeness (QED) is 0.363. The lowest BCUT2D eigenvalue weighted by molar-refractivity contribution is -0.144. The number of amides is 1. The van der Waals surface area contributed by atoms with Crippen molar-refractivity contribution in [2.45, 2.75) is 50.4 Å². The highest BCUT2D eigenvalue weighted by Crippen LogP contribution is 2.52. The highest BCUT2D eigenvalue weighted by atomic mass is 35.5. The predicted molar refractivity (Wildman–Crippen MR) is 131 cm³/mol. The van der Waals surface area contributed by atoms with Gasteiger partial charge < -0.3 is 30.9 Å². The fraction of sp³-hybridized carbons (Fsp3) is 0.500. The van der Waals surface area contributed by atoms with Gasteiger partial charge in [0.1, 0.15) is 22.8 Å². The van der Waals surface area contributed by atoms with Crippen LogP contribution in [0.1, 0.15) is 47.2 Å². The molecule has 0 aromatic heterocycles. The summed E-state index contributed by atoms with van der Waals surface area (Å²) in [4.78, 5) is 40.5. The summed E-state index contributed by atoms with van der Waals surface area (Å²) in [5.74, 6) is -6.56. The molecule has 1 aliphatic heterocycles. The summed E-state index contributed by atoms with van der Waals surface area (Å²) in [6.45, 7) is 2.08. The summed E-state index contributed by atoms with van der Waals surface area (Å²) in [6.07, 6.45) is 1.94. The van der Waals surface area contributed by atoms with E-state index in [1.54, 1.807) is 7.11 Å². The molecular weight excluding hydrogens is 504 g/mol. The largest absolute Gasteiger partial charge is 0.511 e. The van der Waals surface area contributed by atoms with Gasteiger partial charge in [-0.15, -0.1) is 0 Å². The summed E-state index contributed by atoms with van der Waals surface area (Å²) in [5, 5.41) is 43.9. The first-order valence-electron chi connectivity index (χ1n) is 12.2. The fourth-order valence-corrected chi connectivity index (χ4v) is 6.67. The lowest BCUT2D eigenvalue weighted by Gasteiger charge is -2.45. The third-order valence-electron chi connectivity index (χ3n) is 8.33. The van der Waals surface area contributed by atoms with Crippen LogP contribution in [-0.2, 0) is 27.3 Å². The van der Waals surface area contributed by atoms with Gasteiger partial charge in [-0.3, -0.25) is 19.3 Å². The molecule has 10 nitrogen and oxygen atoms in total. The molecule has 0 spiro atoms.